The lowest BCUT2D eigenvalue weighted by atomic mass is 9.88. The second-order valence-corrected chi connectivity index (χ2v) is 9.59. The van der Waals surface area contributed by atoms with Crippen LogP contribution in [0.2, 0.25) is 0 Å². The van der Waals surface area contributed by atoms with Gasteiger partial charge in [-0.3, -0.25) is 4.79 Å². The van der Waals surface area contributed by atoms with Gasteiger partial charge in [-0.1, -0.05) is 39.0 Å². The minimum atomic E-state index is -3.54. The van der Waals surface area contributed by atoms with Crippen LogP contribution >= 0.6 is 0 Å². The Morgan fingerprint density at radius 3 is 2.08 bits per heavy atom. The van der Waals surface area contributed by atoms with Gasteiger partial charge in [0.1, 0.15) is 5.75 Å². The van der Waals surface area contributed by atoms with Crippen molar-refractivity contribution < 1.29 is 13.2 Å². The molecule has 24 heavy (non-hydrogen) atoms. The number of hydrogen-bond acceptors (Lipinski definition) is 3. The Bertz CT molecular complexity index is 490. The van der Waals surface area contributed by atoms with Gasteiger partial charge in [-0.25, -0.2) is 13.1 Å². The Balaban J connectivity index is 1.84. The summed E-state index contributed by atoms with van der Waals surface area (Å²) in [5, 5.41) is 0. The molecule has 2 aliphatic carbocycles. The van der Waals surface area contributed by atoms with E-state index in [-0.39, 0.29) is 18.0 Å². The summed E-state index contributed by atoms with van der Waals surface area (Å²) in [6, 6.07) is 0.203. The molecule has 2 aliphatic rings. The van der Waals surface area contributed by atoms with Crippen LogP contribution in [-0.2, 0) is 14.8 Å². The number of nitrogens with zero attached hydrogens (tertiary/aromatic N) is 1. The second-order valence-electron chi connectivity index (χ2n) is 7.84. The van der Waals surface area contributed by atoms with Crippen LogP contribution in [0.5, 0.6) is 0 Å². The summed E-state index contributed by atoms with van der Waals surface area (Å²) in [4.78, 5) is 14.1. The summed E-state index contributed by atoms with van der Waals surface area (Å²) in [5.41, 5.74) is 0. The zero-order valence-electron chi connectivity index (χ0n) is 15.3. The standard InChI is InChI=1S/C18H34N2O3S/c1-15-10-12-16(13-11-15)19-24(22,23)14-18(21)20(2)17-8-6-4-3-5-7-9-17/h15-17,19H,3-14H2,1-2H3. The van der Waals surface area contributed by atoms with Gasteiger partial charge in [-0.15, -0.1) is 0 Å². The third kappa shape index (κ3) is 6.36. The Kier molecular flexibility index (Phi) is 7.54. The second kappa shape index (κ2) is 9.18. The summed E-state index contributed by atoms with van der Waals surface area (Å²) < 4.78 is 27.4. The predicted octanol–water partition coefficient (Wildman–Crippen LogP) is 3.06. The third-order valence-corrected chi connectivity index (χ3v) is 7.01. The number of carbonyl (C=O) groups excluding carboxylic acids is 1. The first kappa shape index (κ1) is 19.7. The molecule has 0 aromatic carbocycles. The summed E-state index contributed by atoms with van der Waals surface area (Å²) in [5.74, 6) is 0.00146. The van der Waals surface area contributed by atoms with Crippen LogP contribution in [0.4, 0.5) is 0 Å². The van der Waals surface area contributed by atoms with E-state index in [0.717, 1.165) is 51.4 Å². The van der Waals surface area contributed by atoms with Crippen molar-refractivity contribution in [2.45, 2.75) is 89.6 Å². The molecule has 0 saturated heterocycles. The van der Waals surface area contributed by atoms with Crippen molar-refractivity contribution in [3.8, 4) is 0 Å². The highest BCUT2D eigenvalue weighted by molar-refractivity contribution is 7.90. The van der Waals surface area contributed by atoms with E-state index >= 15 is 0 Å². The van der Waals surface area contributed by atoms with Gasteiger partial charge < -0.3 is 4.90 Å². The number of rotatable bonds is 5. The normalized spacial score (nSPS) is 27.2. The molecule has 0 spiro atoms. The van der Waals surface area contributed by atoms with Crippen molar-refractivity contribution >= 4 is 15.9 Å². The van der Waals surface area contributed by atoms with Crippen LogP contribution in [0.25, 0.3) is 0 Å². The van der Waals surface area contributed by atoms with Crippen LogP contribution < -0.4 is 4.72 Å². The molecule has 0 bridgehead atoms. The minimum absolute atomic E-state index is 0.00528. The van der Waals surface area contributed by atoms with E-state index in [1.54, 1.807) is 11.9 Å². The number of amides is 1. The Morgan fingerprint density at radius 1 is 0.958 bits per heavy atom. The van der Waals surface area contributed by atoms with Crippen molar-refractivity contribution in [3.05, 3.63) is 0 Å². The quantitative estimate of drug-likeness (QED) is 0.821. The van der Waals surface area contributed by atoms with Crippen LogP contribution in [0, 0.1) is 5.92 Å². The molecule has 6 heteroatoms. The molecule has 2 rings (SSSR count). The van der Waals surface area contributed by atoms with E-state index in [2.05, 4.69) is 11.6 Å². The summed E-state index contributed by atoms with van der Waals surface area (Å²) >= 11 is 0. The Hall–Kier alpha value is -0.620. The molecule has 0 aliphatic heterocycles. The van der Waals surface area contributed by atoms with E-state index in [0.29, 0.717) is 5.92 Å². The molecule has 0 aromatic heterocycles. The average Bonchev–Trinajstić information content (AvgIpc) is 2.48. The summed E-state index contributed by atoms with van der Waals surface area (Å²) in [6.45, 7) is 2.21. The molecule has 1 N–H and O–H groups in total. The number of hydrogen-bond donors (Lipinski definition) is 1. The molecule has 0 aromatic rings. The van der Waals surface area contributed by atoms with Gasteiger partial charge in [0.05, 0.1) is 0 Å². The maximum Gasteiger partial charge on any atom is 0.239 e. The molecule has 2 saturated carbocycles. The third-order valence-electron chi connectivity index (χ3n) is 5.69. The van der Waals surface area contributed by atoms with E-state index in [1.807, 2.05) is 0 Å². The summed E-state index contributed by atoms with van der Waals surface area (Å²) in [7, 11) is -1.77. The predicted molar refractivity (Wildman–Crippen MR) is 97.2 cm³/mol. The van der Waals surface area contributed by atoms with Crippen molar-refractivity contribution in [2.75, 3.05) is 12.8 Å². The van der Waals surface area contributed by atoms with Gasteiger partial charge in [0.2, 0.25) is 15.9 Å². The zero-order valence-corrected chi connectivity index (χ0v) is 16.1. The average molecular weight is 359 g/mol. The first-order valence-electron chi connectivity index (χ1n) is 9.63. The van der Waals surface area contributed by atoms with Gasteiger partial charge in [-0.2, -0.15) is 0 Å². The van der Waals surface area contributed by atoms with E-state index in [9.17, 15) is 13.2 Å². The fraction of sp³-hybridized carbons (Fsp3) is 0.944. The van der Waals surface area contributed by atoms with Gasteiger partial charge in [0.15, 0.2) is 0 Å². The lowest BCUT2D eigenvalue weighted by Crippen LogP contribution is -2.45. The smallest absolute Gasteiger partial charge is 0.239 e. The molecular weight excluding hydrogens is 324 g/mol. The number of carbonyl (C=O) groups is 1. The topological polar surface area (TPSA) is 66.5 Å². The van der Waals surface area contributed by atoms with Crippen LogP contribution in [0.1, 0.15) is 77.6 Å². The molecule has 0 unspecified atom stereocenters. The first-order chi connectivity index (χ1) is 11.4. The highest BCUT2D eigenvalue weighted by Crippen LogP contribution is 2.24. The van der Waals surface area contributed by atoms with E-state index < -0.39 is 15.8 Å². The largest absolute Gasteiger partial charge is 0.342 e. The highest BCUT2D eigenvalue weighted by atomic mass is 32.2. The van der Waals surface area contributed by atoms with E-state index in [4.69, 9.17) is 0 Å². The van der Waals surface area contributed by atoms with E-state index in [1.165, 1.54) is 19.3 Å². The molecular formula is C18H34N2O3S. The van der Waals surface area contributed by atoms with Gasteiger partial charge >= 0.3 is 0 Å². The molecule has 0 radical (unpaired) electrons. The lowest BCUT2D eigenvalue weighted by Gasteiger charge is -2.30. The Labute approximate surface area is 147 Å². The van der Waals surface area contributed by atoms with Crippen molar-refractivity contribution in [1.82, 2.24) is 9.62 Å². The van der Waals surface area contributed by atoms with Gasteiger partial charge in [0, 0.05) is 19.1 Å². The molecule has 140 valence electrons. The lowest BCUT2D eigenvalue weighted by molar-refractivity contribution is -0.129. The number of sulfonamides is 1. The van der Waals surface area contributed by atoms with Crippen molar-refractivity contribution in [1.29, 1.82) is 0 Å². The van der Waals surface area contributed by atoms with Crippen LogP contribution in [0.3, 0.4) is 0 Å². The maximum absolute atomic E-state index is 12.5. The first-order valence-corrected chi connectivity index (χ1v) is 11.3. The molecule has 1 amide bonds. The molecule has 5 nitrogen and oxygen atoms in total. The monoisotopic (exact) mass is 358 g/mol. The zero-order chi connectivity index (χ0) is 17.6. The fourth-order valence-corrected chi connectivity index (χ4v) is 5.32. The summed E-state index contributed by atoms with van der Waals surface area (Å²) in [6.07, 6.45) is 11.9. The van der Waals surface area contributed by atoms with Gasteiger partial charge in [-0.05, 0) is 44.4 Å². The number of nitrogens with one attached hydrogen (secondary N) is 1. The van der Waals surface area contributed by atoms with Gasteiger partial charge in [0.25, 0.3) is 0 Å². The SMILES string of the molecule is CC1CCC(NS(=O)(=O)CC(=O)N(C)C2CCCCCCC2)CC1. The van der Waals surface area contributed by atoms with Crippen LogP contribution in [-0.4, -0.2) is 44.1 Å². The Morgan fingerprint density at radius 2 is 1.50 bits per heavy atom. The highest BCUT2D eigenvalue weighted by Gasteiger charge is 2.28. The molecule has 0 heterocycles. The minimum Gasteiger partial charge on any atom is -0.342 e. The molecule has 0 atom stereocenters. The maximum atomic E-state index is 12.5. The van der Waals surface area contributed by atoms with Crippen molar-refractivity contribution in [2.24, 2.45) is 5.92 Å². The van der Waals surface area contributed by atoms with Crippen LogP contribution in [0.15, 0.2) is 0 Å². The van der Waals surface area contributed by atoms with Crippen molar-refractivity contribution in [3.63, 3.8) is 0 Å². The molecule has 2 fully saturated rings. The fourth-order valence-electron chi connectivity index (χ4n) is 3.96.